The fraction of sp³-hybridized carbons (Fsp3) is 0.727. The smallest absolute Gasteiger partial charge is 0.136 e. The lowest BCUT2D eigenvalue weighted by Crippen LogP contribution is -2.19. The molecule has 1 heterocycles. The Kier molecular flexibility index (Phi) is 3.34. The van der Waals surface area contributed by atoms with Crippen molar-refractivity contribution < 1.29 is 0 Å². The Morgan fingerprint density at radius 1 is 1.47 bits per heavy atom. The van der Waals surface area contributed by atoms with Crippen molar-refractivity contribution in [3.05, 3.63) is 10.7 Å². The molecular formula is C11H18BrN3. The highest BCUT2D eigenvalue weighted by Crippen LogP contribution is 2.30. The molecule has 0 unspecified atom stereocenters. The molecule has 0 aromatic carbocycles. The van der Waals surface area contributed by atoms with Gasteiger partial charge in [-0.15, -0.1) is 0 Å². The molecule has 1 aliphatic rings. The van der Waals surface area contributed by atoms with Gasteiger partial charge in [0, 0.05) is 6.54 Å². The van der Waals surface area contributed by atoms with Crippen molar-refractivity contribution in [1.82, 2.24) is 9.78 Å². The predicted molar refractivity (Wildman–Crippen MR) is 65.5 cm³/mol. The summed E-state index contributed by atoms with van der Waals surface area (Å²) in [5.41, 5.74) is 5.90. The molecule has 2 N–H and O–H groups in total. The summed E-state index contributed by atoms with van der Waals surface area (Å²) in [4.78, 5) is 0. The van der Waals surface area contributed by atoms with E-state index >= 15 is 0 Å². The topological polar surface area (TPSA) is 43.8 Å². The largest absolute Gasteiger partial charge is 0.383 e. The van der Waals surface area contributed by atoms with E-state index in [0.29, 0.717) is 0 Å². The van der Waals surface area contributed by atoms with Crippen molar-refractivity contribution in [3.63, 3.8) is 0 Å². The minimum atomic E-state index is 0.758. The van der Waals surface area contributed by atoms with Crippen LogP contribution >= 0.6 is 15.9 Å². The number of nitrogens with two attached hydrogens (primary N) is 1. The summed E-state index contributed by atoms with van der Waals surface area (Å²) in [7, 11) is 0. The maximum atomic E-state index is 5.90. The van der Waals surface area contributed by atoms with Gasteiger partial charge >= 0.3 is 0 Å². The molecule has 1 aliphatic carbocycles. The SMILES string of the molecule is CC1CCC(Cn2ncc(Br)c2N)CC1. The van der Waals surface area contributed by atoms with Gasteiger partial charge in [0.15, 0.2) is 0 Å². The number of hydrogen-bond donors (Lipinski definition) is 1. The van der Waals surface area contributed by atoms with Gasteiger partial charge in [0.1, 0.15) is 5.82 Å². The van der Waals surface area contributed by atoms with Crippen LogP contribution in [0.15, 0.2) is 10.7 Å². The van der Waals surface area contributed by atoms with E-state index in [-0.39, 0.29) is 0 Å². The second-order valence-corrected chi connectivity index (χ2v) is 5.54. The lowest BCUT2D eigenvalue weighted by atomic mass is 9.83. The highest BCUT2D eigenvalue weighted by Gasteiger charge is 2.19. The molecule has 0 radical (unpaired) electrons. The molecule has 1 aromatic rings. The van der Waals surface area contributed by atoms with Gasteiger partial charge in [-0.25, -0.2) is 4.68 Å². The number of anilines is 1. The Bertz CT molecular complexity index is 327. The molecule has 0 amide bonds. The fourth-order valence-electron chi connectivity index (χ4n) is 2.27. The Labute approximate surface area is 99.2 Å². The zero-order chi connectivity index (χ0) is 10.8. The fourth-order valence-corrected chi connectivity index (χ4v) is 2.57. The second kappa shape index (κ2) is 4.56. The van der Waals surface area contributed by atoms with Gasteiger partial charge < -0.3 is 5.73 Å². The summed E-state index contributed by atoms with van der Waals surface area (Å²) in [5.74, 6) is 2.42. The number of hydrogen-bond acceptors (Lipinski definition) is 2. The van der Waals surface area contributed by atoms with Gasteiger partial charge in [0.25, 0.3) is 0 Å². The second-order valence-electron chi connectivity index (χ2n) is 4.69. The number of aromatic nitrogens is 2. The minimum absolute atomic E-state index is 0.758. The van der Waals surface area contributed by atoms with E-state index in [1.165, 1.54) is 25.7 Å². The van der Waals surface area contributed by atoms with Crippen molar-refractivity contribution in [2.75, 3.05) is 5.73 Å². The molecular weight excluding hydrogens is 254 g/mol. The molecule has 1 fully saturated rings. The maximum Gasteiger partial charge on any atom is 0.136 e. The molecule has 0 atom stereocenters. The van der Waals surface area contributed by atoms with Crippen molar-refractivity contribution in [2.24, 2.45) is 11.8 Å². The lowest BCUT2D eigenvalue weighted by Gasteiger charge is -2.26. The van der Waals surface area contributed by atoms with Gasteiger partial charge in [0.2, 0.25) is 0 Å². The monoisotopic (exact) mass is 271 g/mol. The first kappa shape index (κ1) is 11.0. The Morgan fingerprint density at radius 2 is 2.13 bits per heavy atom. The van der Waals surface area contributed by atoms with Gasteiger partial charge in [0.05, 0.1) is 10.7 Å². The van der Waals surface area contributed by atoms with Crippen LogP contribution in [0.4, 0.5) is 5.82 Å². The number of nitrogens with zero attached hydrogens (tertiary/aromatic N) is 2. The van der Waals surface area contributed by atoms with E-state index in [1.54, 1.807) is 6.20 Å². The van der Waals surface area contributed by atoms with Crippen LogP contribution in [0, 0.1) is 11.8 Å². The molecule has 15 heavy (non-hydrogen) atoms. The highest BCUT2D eigenvalue weighted by molar-refractivity contribution is 9.10. The normalized spacial score (nSPS) is 26.8. The van der Waals surface area contributed by atoms with Crippen LogP contribution in [0.25, 0.3) is 0 Å². The molecule has 1 aromatic heterocycles. The van der Waals surface area contributed by atoms with Gasteiger partial charge in [-0.05, 0) is 40.6 Å². The van der Waals surface area contributed by atoms with Crippen LogP contribution in [0.5, 0.6) is 0 Å². The van der Waals surface area contributed by atoms with Crippen LogP contribution in [-0.4, -0.2) is 9.78 Å². The van der Waals surface area contributed by atoms with Crippen molar-refractivity contribution in [2.45, 2.75) is 39.2 Å². The highest BCUT2D eigenvalue weighted by atomic mass is 79.9. The molecule has 0 saturated heterocycles. The van der Waals surface area contributed by atoms with E-state index in [1.807, 2.05) is 4.68 Å². The van der Waals surface area contributed by atoms with Crippen LogP contribution in [0.3, 0.4) is 0 Å². The van der Waals surface area contributed by atoms with Gasteiger partial charge in [-0.3, -0.25) is 0 Å². The Hall–Kier alpha value is -0.510. The van der Waals surface area contributed by atoms with Crippen LogP contribution in [-0.2, 0) is 6.54 Å². The van der Waals surface area contributed by atoms with Crippen molar-refractivity contribution in [1.29, 1.82) is 0 Å². The van der Waals surface area contributed by atoms with E-state index in [9.17, 15) is 0 Å². The maximum absolute atomic E-state index is 5.90. The van der Waals surface area contributed by atoms with Crippen LogP contribution in [0.2, 0.25) is 0 Å². The Balaban J connectivity index is 1.94. The summed E-state index contributed by atoms with van der Waals surface area (Å²) in [6, 6.07) is 0. The molecule has 2 rings (SSSR count). The molecule has 0 bridgehead atoms. The van der Waals surface area contributed by atoms with E-state index in [0.717, 1.165) is 28.7 Å². The molecule has 0 spiro atoms. The number of nitrogen functional groups attached to an aromatic ring is 1. The third-order valence-electron chi connectivity index (χ3n) is 3.40. The third-order valence-corrected chi connectivity index (χ3v) is 4.01. The molecule has 1 saturated carbocycles. The first-order valence-electron chi connectivity index (χ1n) is 5.63. The van der Waals surface area contributed by atoms with E-state index in [2.05, 4.69) is 28.0 Å². The molecule has 0 aliphatic heterocycles. The predicted octanol–water partition coefficient (Wildman–Crippen LogP) is 3.05. The van der Waals surface area contributed by atoms with Crippen LogP contribution < -0.4 is 5.73 Å². The third kappa shape index (κ3) is 2.54. The van der Waals surface area contributed by atoms with Crippen molar-refractivity contribution in [3.8, 4) is 0 Å². The summed E-state index contributed by atoms with van der Waals surface area (Å²) >= 11 is 3.38. The zero-order valence-electron chi connectivity index (χ0n) is 9.12. The minimum Gasteiger partial charge on any atom is -0.383 e. The number of halogens is 1. The first-order valence-corrected chi connectivity index (χ1v) is 6.43. The molecule has 4 heteroatoms. The lowest BCUT2D eigenvalue weighted by molar-refractivity contribution is 0.259. The quantitative estimate of drug-likeness (QED) is 0.899. The molecule has 3 nitrogen and oxygen atoms in total. The summed E-state index contributed by atoms with van der Waals surface area (Å²) < 4.78 is 2.83. The Morgan fingerprint density at radius 3 is 2.67 bits per heavy atom. The van der Waals surface area contributed by atoms with Crippen molar-refractivity contribution >= 4 is 21.7 Å². The van der Waals surface area contributed by atoms with Gasteiger partial charge in [-0.2, -0.15) is 5.10 Å². The van der Waals surface area contributed by atoms with Crippen LogP contribution in [0.1, 0.15) is 32.6 Å². The number of rotatable bonds is 2. The summed E-state index contributed by atoms with van der Waals surface area (Å²) in [6.07, 6.45) is 7.12. The summed E-state index contributed by atoms with van der Waals surface area (Å²) in [6.45, 7) is 3.32. The molecule has 84 valence electrons. The standard InChI is InChI=1S/C11H18BrN3/c1-8-2-4-9(5-3-8)7-15-11(13)10(12)6-14-15/h6,8-9H,2-5,7,13H2,1H3. The van der Waals surface area contributed by atoms with E-state index in [4.69, 9.17) is 5.73 Å². The average molecular weight is 272 g/mol. The summed E-state index contributed by atoms with van der Waals surface area (Å²) in [5, 5.41) is 4.27. The average Bonchev–Trinajstić information content (AvgIpc) is 2.53. The van der Waals surface area contributed by atoms with E-state index < -0.39 is 0 Å². The first-order chi connectivity index (χ1) is 7.16. The zero-order valence-corrected chi connectivity index (χ0v) is 10.7. The van der Waals surface area contributed by atoms with Gasteiger partial charge in [-0.1, -0.05) is 19.8 Å².